The van der Waals surface area contributed by atoms with Crippen LogP contribution in [0.15, 0.2) is 30.5 Å². The van der Waals surface area contributed by atoms with E-state index < -0.39 is 30.7 Å². The van der Waals surface area contributed by atoms with Gasteiger partial charge in [0.1, 0.15) is 18.3 Å². The molecule has 24 heavy (non-hydrogen) atoms. The molecule has 6 heteroatoms. The standard InChI is InChI=1S/C18H25NO5/c1-2-3-8-19-10-12(13-6-4-5-7-14(13)19)9-15(21)17(23)18(24)16(22)11-20/h4-7,10,16-18,20,22-24H,2-3,8-9,11H2,1H3. The first kappa shape index (κ1) is 18.6. The maximum absolute atomic E-state index is 12.2. The van der Waals surface area contributed by atoms with Gasteiger partial charge in [-0.2, -0.15) is 0 Å². The first-order valence-corrected chi connectivity index (χ1v) is 8.24. The Morgan fingerprint density at radius 1 is 1.21 bits per heavy atom. The fourth-order valence-corrected chi connectivity index (χ4v) is 2.78. The summed E-state index contributed by atoms with van der Waals surface area (Å²) in [6, 6.07) is 7.74. The molecule has 0 saturated carbocycles. The molecule has 0 aliphatic carbocycles. The average molecular weight is 335 g/mol. The van der Waals surface area contributed by atoms with Gasteiger partial charge in [0.25, 0.3) is 0 Å². The minimum absolute atomic E-state index is 0.0456. The third-order valence-electron chi connectivity index (χ3n) is 4.22. The van der Waals surface area contributed by atoms with Crippen LogP contribution in [0.5, 0.6) is 0 Å². The predicted molar refractivity (Wildman–Crippen MR) is 90.7 cm³/mol. The van der Waals surface area contributed by atoms with Crippen LogP contribution in [-0.4, -0.2) is 55.7 Å². The molecular formula is C18H25NO5. The smallest absolute Gasteiger partial charge is 0.168 e. The van der Waals surface area contributed by atoms with Gasteiger partial charge in [0, 0.05) is 30.1 Å². The zero-order valence-electron chi connectivity index (χ0n) is 13.8. The second-order valence-electron chi connectivity index (χ2n) is 6.05. The summed E-state index contributed by atoms with van der Waals surface area (Å²) in [5, 5.41) is 38.7. The molecule has 2 rings (SSSR count). The maximum atomic E-state index is 12.2. The van der Waals surface area contributed by atoms with Crippen molar-refractivity contribution < 1.29 is 25.2 Å². The van der Waals surface area contributed by atoms with E-state index >= 15 is 0 Å². The number of fused-ring (bicyclic) bond motifs is 1. The molecular weight excluding hydrogens is 310 g/mol. The monoisotopic (exact) mass is 335 g/mol. The summed E-state index contributed by atoms with van der Waals surface area (Å²) in [7, 11) is 0. The highest BCUT2D eigenvalue weighted by atomic mass is 16.4. The van der Waals surface area contributed by atoms with Gasteiger partial charge in [-0.3, -0.25) is 4.79 Å². The maximum Gasteiger partial charge on any atom is 0.168 e. The number of Topliss-reactive ketones (excluding diaryl/α,β-unsaturated/α-hetero) is 1. The highest BCUT2D eigenvalue weighted by Crippen LogP contribution is 2.23. The fraction of sp³-hybridized carbons (Fsp3) is 0.500. The van der Waals surface area contributed by atoms with Crippen LogP contribution >= 0.6 is 0 Å². The SMILES string of the molecule is CCCCn1cc(CC(=O)C(O)C(O)C(O)CO)c2ccccc21. The Balaban J connectivity index is 2.21. The van der Waals surface area contributed by atoms with Crippen LogP contribution in [0.1, 0.15) is 25.3 Å². The van der Waals surface area contributed by atoms with Gasteiger partial charge < -0.3 is 25.0 Å². The molecule has 0 fully saturated rings. The lowest BCUT2D eigenvalue weighted by Crippen LogP contribution is -2.44. The zero-order valence-corrected chi connectivity index (χ0v) is 13.8. The van der Waals surface area contributed by atoms with E-state index in [0.29, 0.717) is 0 Å². The lowest BCUT2D eigenvalue weighted by atomic mass is 9.99. The summed E-state index contributed by atoms with van der Waals surface area (Å²) in [4.78, 5) is 12.2. The Labute approximate surface area is 141 Å². The van der Waals surface area contributed by atoms with E-state index in [1.54, 1.807) is 0 Å². The number of carbonyl (C=O) groups excluding carboxylic acids is 1. The van der Waals surface area contributed by atoms with Crippen LogP contribution in [0.25, 0.3) is 10.9 Å². The molecule has 0 bridgehead atoms. The van der Waals surface area contributed by atoms with E-state index in [2.05, 4.69) is 11.5 Å². The number of aliphatic hydroxyl groups is 4. The molecule has 1 aromatic heterocycles. The molecule has 3 atom stereocenters. The average Bonchev–Trinajstić information content (AvgIpc) is 2.95. The van der Waals surface area contributed by atoms with E-state index in [4.69, 9.17) is 5.11 Å². The number of ketones is 1. The van der Waals surface area contributed by atoms with Crippen molar-refractivity contribution in [1.82, 2.24) is 4.57 Å². The number of nitrogens with zero attached hydrogens (tertiary/aromatic N) is 1. The van der Waals surface area contributed by atoms with Gasteiger partial charge in [-0.1, -0.05) is 31.5 Å². The largest absolute Gasteiger partial charge is 0.394 e. The van der Waals surface area contributed by atoms with Gasteiger partial charge in [0.15, 0.2) is 5.78 Å². The molecule has 3 unspecified atom stereocenters. The fourth-order valence-electron chi connectivity index (χ4n) is 2.78. The molecule has 2 aromatic rings. The molecule has 0 aliphatic heterocycles. The quantitative estimate of drug-likeness (QED) is 0.538. The van der Waals surface area contributed by atoms with Crippen LogP contribution in [0, 0.1) is 0 Å². The molecule has 132 valence electrons. The van der Waals surface area contributed by atoms with Crippen molar-refractivity contribution in [2.45, 2.75) is 51.0 Å². The lowest BCUT2D eigenvalue weighted by molar-refractivity contribution is -0.139. The van der Waals surface area contributed by atoms with Gasteiger partial charge >= 0.3 is 0 Å². The summed E-state index contributed by atoms with van der Waals surface area (Å²) in [5.41, 5.74) is 1.80. The van der Waals surface area contributed by atoms with Crippen LogP contribution < -0.4 is 0 Å². The van der Waals surface area contributed by atoms with Crippen LogP contribution in [0.4, 0.5) is 0 Å². The number of aryl methyl sites for hydroxylation is 1. The molecule has 1 heterocycles. The molecule has 0 spiro atoms. The van der Waals surface area contributed by atoms with Gasteiger partial charge in [-0.15, -0.1) is 0 Å². The third-order valence-corrected chi connectivity index (χ3v) is 4.22. The minimum atomic E-state index is -1.73. The van der Waals surface area contributed by atoms with E-state index in [1.807, 2.05) is 30.5 Å². The summed E-state index contributed by atoms with van der Waals surface area (Å²) >= 11 is 0. The first-order chi connectivity index (χ1) is 11.5. The van der Waals surface area contributed by atoms with Crippen molar-refractivity contribution in [2.24, 2.45) is 0 Å². The van der Waals surface area contributed by atoms with E-state index in [-0.39, 0.29) is 6.42 Å². The molecule has 6 nitrogen and oxygen atoms in total. The number of hydrogen-bond donors (Lipinski definition) is 4. The number of para-hydroxylation sites is 1. The second kappa shape index (κ2) is 8.39. The van der Waals surface area contributed by atoms with Gasteiger partial charge in [0.05, 0.1) is 6.61 Å². The van der Waals surface area contributed by atoms with Crippen molar-refractivity contribution in [3.05, 3.63) is 36.0 Å². The van der Waals surface area contributed by atoms with E-state index in [1.165, 1.54) is 0 Å². The Morgan fingerprint density at radius 2 is 1.92 bits per heavy atom. The molecule has 4 N–H and O–H groups in total. The molecule has 0 amide bonds. The predicted octanol–water partition coefficient (Wildman–Crippen LogP) is 0.628. The first-order valence-electron chi connectivity index (χ1n) is 8.24. The highest BCUT2D eigenvalue weighted by Gasteiger charge is 2.30. The zero-order chi connectivity index (χ0) is 17.7. The van der Waals surface area contributed by atoms with Crippen molar-refractivity contribution in [3.8, 4) is 0 Å². The van der Waals surface area contributed by atoms with Gasteiger partial charge in [0.2, 0.25) is 0 Å². The normalized spacial score (nSPS) is 15.4. The van der Waals surface area contributed by atoms with Crippen molar-refractivity contribution >= 4 is 16.7 Å². The lowest BCUT2D eigenvalue weighted by Gasteiger charge is -2.20. The molecule has 1 aromatic carbocycles. The van der Waals surface area contributed by atoms with E-state index in [0.717, 1.165) is 35.9 Å². The van der Waals surface area contributed by atoms with Crippen molar-refractivity contribution in [1.29, 1.82) is 0 Å². The minimum Gasteiger partial charge on any atom is -0.394 e. The number of aliphatic hydroxyl groups excluding tert-OH is 4. The second-order valence-corrected chi connectivity index (χ2v) is 6.05. The van der Waals surface area contributed by atoms with Crippen LogP contribution in [0.3, 0.4) is 0 Å². The number of unbranched alkanes of at least 4 members (excludes halogenated alkanes) is 1. The van der Waals surface area contributed by atoms with Gasteiger partial charge in [-0.05, 0) is 18.1 Å². The molecule has 0 radical (unpaired) electrons. The number of carbonyl (C=O) groups is 1. The number of rotatable bonds is 9. The Kier molecular flexibility index (Phi) is 6.51. The summed E-state index contributed by atoms with van der Waals surface area (Å²) in [6.07, 6.45) is -1.04. The number of hydrogen-bond acceptors (Lipinski definition) is 5. The Morgan fingerprint density at radius 3 is 2.58 bits per heavy atom. The topological polar surface area (TPSA) is 103 Å². The summed E-state index contributed by atoms with van der Waals surface area (Å²) < 4.78 is 2.09. The Bertz CT molecular complexity index is 681. The molecule has 0 aliphatic rings. The van der Waals surface area contributed by atoms with Gasteiger partial charge in [-0.25, -0.2) is 0 Å². The number of benzene rings is 1. The van der Waals surface area contributed by atoms with Crippen LogP contribution in [0.2, 0.25) is 0 Å². The van der Waals surface area contributed by atoms with Crippen molar-refractivity contribution in [3.63, 3.8) is 0 Å². The van der Waals surface area contributed by atoms with Crippen LogP contribution in [-0.2, 0) is 17.8 Å². The third kappa shape index (κ3) is 4.02. The van der Waals surface area contributed by atoms with E-state index in [9.17, 15) is 20.1 Å². The summed E-state index contributed by atoms with van der Waals surface area (Å²) in [5.74, 6) is -0.589. The highest BCUT2D eigenvalue weighted by molar-refractivity contribution is 5.92. The molecule has 0 saturated heterocycles. The van der Waals surface area contributed by atoms with Crippen molar-refractivity contribution in [2.75, 3.05) is 6.61 Å². The summed E-state index contributed by atoms with van der Waals surface area (Å²) in [6.45, 7) is 2.24. The Hall–Kier alpha value is -1.73. The number of aromatic nitrogens is 1.